The third-order valence-corrected chi connectivity index (χ3v) is 1.78. The Balaban J connectivity index is 3.23. The van der Waals surface area contributed by atoms with Crippen LogP contribution < -0.4 is 11.1 Å². The smallest absolute Gasteiger partial charge is 0.0634 e. The molecule has 3 nitrogen and oxygen atoms in total. The number of nitrogens with two attached hydrogens (primary N) is 1. The first-order chi connectivity index (χ1) is 5.12. The van der Waals surface area contributed by atoms with Crippen LogP contribution in [-0.4, -0.2) is 32.3 Å². The van der Waals surface area contributed by atoms with Crippen molar-refractivity contribution in [3.8, 4) is 0 Å². The van der Waals surface area contributed by atoms with E-state index in [9.17, 15) is 0 Å². The van der Waals surface area contributed by atoms with Crippen molar-refractivity contribution in [1.82, 2.24) is 5.32 Å². The Bertz CT molecular complexity index is 94.1. The second-order valence-electron chi connectivity index (χ2n) is 3.25. The molecule has 0 saturated carbocycles. The molecule has 0 rings (SSSR count). The number of nitrogens with one attached hydrogen (secondary N) is 1. The summed E-state index contributed by atoms with van der Waals surface area (Å²) in [5.41, 5.74) is 5.30. The summed E-state index contributed by atoms with van der Waals surface area (Å²) in [5, 5.41) is 3.22. The lowest BCUT2D eigenvalue weighted by molar-refractivity contribution is 0.0159. The molecule has 0 bridgehead atoms. The topological polar surface area (TPSA) is 47.3 Å². The van der Waals surface area contributed by atoms with Gasteiger partial charge in [0.05, 0.1) is 5.60 Å². The van der Waals surface area contributed by atoms with Crippen LogP contribution in [0.25, 0.3) is 0 Å². The quantitative estimate of drug-likeness (QED) is 0.551. The third-order valence-electron chi connectivity index (χ3n) is 1.78. The van der Waals surface area contributed by atoms with Gasteiger partial charge in [0.25, 0.3) is 0 Å². The summed E-state index contributed by atoms with van der Waals surface area (Å²) in [6.45, 7) is 6.72. The van der Waals surface area contributed by atoms with Gasteiger partial charge < -0.3 is 15.8 Å². The molecule has 0 radical (unpaired) electrons. The predicted octanol–water partition coefficient (Wildman–Crippen LogP) is 0.350. The van der Waals surface area contributed by atoms with E-state index in [1.54, 1.807) is 7.11 Å². The lowest BCUT2D eigenvalue weighted by atomic mass is 10.1. The van der Waals surface area contributed by atoms with Crippen molar-refractivity contribution in [1.29, 1.82) is 0 Å². The fraction of sp³-hybridized carbons (Fsp3) is 1.00. The summed E-state index contributed by atoms with van der Waals surface area (Å²) >= 11 is 0. The monoisotopic (exact) mass is 160 g/mol. The van der Waals surface area contributed by atoms with E-state index in [0.717, 1.165) is 19.5 Å². The van der Waals surface area contributed by atoms with Crippen LogP contribution in [0.4, 0.5) is 0 Å². The number of rotatable bonds is 6. The maximum Gasteiger partial charge on any atom is 0.0634 e. The number of hydrogen-bond acceptors (Lipinski definition) is 3. The molecular weight excluding hydrogens is 140 g/mol. The van der Waals surface area contributed by atoms with Crippen LogP contribution in [0.1, 0.15) is 20.3 Å². The van der Waals surface area contributed by atoms with Crippen molar-refractivity contribution in [3.63, 3.8) is 0 Å². The Morgan fingerprint density at radius 3 is 2.45 bits per heavy atom. The van der Waals surface area contributed by atoms with E-state index in [0.29, 0.717) is 6.54 Å². The molecule has 0 atom stereocenters. The third kappa shape index (κ3) is 6.28. The van der Waals surface area contributed by atoms with Crippen LogP contribution in [-0.2, 0) is 4.74 Å². The Morgan fingerprint density at radius 1 is 1.36 bits per heavy atom. The van der Waals surface area contributed by atoms with Gasteiger partial charge in [-0.05, 0) is 26.8 Å². The van der Waals surface area contributed by atoms with Crippen molar-refractivity contribution in [3.05, 3.63) is 0 Å². The molecule has 0 aromatic heterocycles. The average molecular weight is 160 g/mol. The molecule has 11 heavy (non-hydrogen) atoms. The van der Waals surface area contributed by atoms with E-state index in [1.807, 2.05) is 0 Å². The Labute approximate surface area is 69.3 Å². The molecular formula is C8H20N2O. The highest BCUT2D eigenvalue weighted by Gasteiger charge is 2.14. The van der Waals surface area contributed by atoms with Crippen LogP contribution in [0, 0.1) is 0 Å². The molecule has 0 aliphatic carbocycles. The highest BCUT2D eigenvalue weighted by molar-refractivity contribution is 4.68. The molecule has 0 amide bonds. The highest BCUT2D eigenvalue weighted by atomic mass is 16.5. The SMILES string of the molecule is COC(C)(C)CCNCCN. The number of ether oxygens (including phenoxy) is 1. The highest BCUT2D eigenvalue weighted by Crippen LogP contribution is 2.10. The minimum atomic E-state index is -0.0123. The van der Waals surface area contributed by atoms with Crippen LogP contribution in [0.3, 0.4) is 0 Å². The van der Waals surface area contributed by atoms with Crippen molar-refractivity contribution in [2.75, 3.05) is 26.7 Å². The first kappa shape index (κ1) is 10.9. The molecule has 0 spiro atoms. The fourth-order valence-corrected chi connectivity index (χ4v) is 0.719. The summed E-state index contributed by atoms with van der Waals surface area (Å²) in [5.74, 6) is 0. The lowest BCUT2D eigenvalue weighted by Crippen LogP contribution is -2.31. The van der Waals surface area contributed by atoms with E-state index in [1.165, 1.54) is 0 Å². The lowest BCUT2D eigenvalue weighted by Gasteiger charge is -2.22. The van der Waals surface area contributed by atoms with Crippen LogP contribution in [0.5, 0.6) is 0 Å². The Morgan fingerprint density at radius 2 is 2.00 bits per heavy atom. The molecule has 68 valence electrons. The Kier molecular flexibility index (Phi) is 5.46. The summed E-state index contributed by atoms with van der Waals surface area (Å²) in [6.07, 6.45) is 1.02. The zero-order valence-electron chi connectivity index (χ0n) is 7.81. The first-order valence-electron chi connectivity index (χ1n) is 4.08. The molecule has 0 heterocycles. The second-order valence-corrected chi connectivity index (χ2v) is 3.25. The summed E-state index contributed by atoms with van der Waals surface area (Å²) in [6, 6.07) is 0. The van der Waals surface area contributed by atoms with Gasteiger partial charge in [0, 0.05) is 20.2 Å². The number of hydrogen-bond donors (Lipinski definition) is 2. The molecule has 3 N–H and O–H groups in total. The standard InChI is InChI=1S/C8H20N2O/c1-8(2,11-3)4-6-10-7-5-9/h10H,4-7,9H2,1-3H3. The van der Waals surface area contributed by atoms with Gasteiger partial charge in [-0.2, -0.15) is 0 Å². The van der Waals surface area contributed by atoms with E-state index >= 15 is 0 Å². The number of methoxy groups -OCH3 is 1. The first-order valence-corrected chi connectivity index (χ1v) is 4.08. The molecule has 0 aliphatic heterocycles. The zero-order chi connectivity index (χ0) is 8.74. The van der Waals surface area contributed by atoms with Gasteiger partial charge in [-0.25, -0.2) is 0 Å². The van der Waals surface area contributed by atoms with Crippen molar-refractivity contribution >= 4 is 0 Å². The van der Waals surface area contributed by atoms with Crippen molar-refractivity contribution in [2.45, 2.75) is 25.9 Å². The minimum Gasteiger partial charge on any atom is -0.379 e. The minimum absolute atomic E-state index is 0.0123. The molecule has 0 saturated heterocycles. The van der Waals surface area contributed by atoms with Crippen LogP contribution >= 0.6 is 0 Å². The summed E-state index contributed by atoms with van der Waals surface area (Å²) < 4.78 is 5.25. The molecule has 0 fully saturated rings. The summed E-state index contributed by atoms with van der Waals surface area (Å²) in [7, 11) is 1.74. The van der Waals surface area contributed by atoms with E-state index in [-0.39, 0.29) is 5.60 Å². The largest absolute Gasteiger partial charge is 0.379 e. The predicted molar refractivity (Wildman–Crippen MR) is 47.6 cm³/mol. The van der Waals surface area contributed by atoms with E-state index in [4.69, 9.17) is 10.5 Å². The van der Waals surface area contributed by atoms with Gasteiger partial charge in [-0.15, -0.1) is 0 Å². The molecule has 0 aromatic carbocycles. The van der Waals surface area contributed by atoms with Gasteiger partial charge in [-0.3, -0.25) is 0 Å². The maximum atomic E-state index is 5.32. The normalized spacial score (nSPS) is 12.0. The van der Waals surface area contributed by atoms with Gasteiger partial charge >= 0.3 is 0 Å². The molecule has 3 heteroatoms. The second kappa shape index (κ2) is 5.52. The van der Waals surface area contributed by atoms with E-state index < -0.39 is 0 Å². The van der Waals surface area contributed by atoms with Crippen molar-refractivity contribution < 1.29 is 4.74 Å². The van der Waals surface area contributed by atoms with Crippen LogP contribution in [0.15, 0.2) is 0 Å². The molecule has 0 aliphatic rings. The maximum absolute atomic E-state index is 5.32. The van der Waals surface area contributed by atoms with Gasteiger partial charge in [0.15, 0.2) is 0 Å². The molecule has 0 aromatic rings. The fourth-order valence-electron chi connectivity index (χ4n) is 0.719. The van der Waals surface area contributed by atoms with Crippen molar-refractivity contribution in [2.24, 2.45) is 5.73 Å². The molecule has 0 unspecified atom stereocenters. The van der Waals surface area contributed by atoms with E-state index in [2.05, 4.69) is 19.2 Å². The zero-order valence-corrected chi connectivity index (χ0v) is 7.81. The van der Waals surface area contributed by atoms with Gasteiger partial charge in [0.1, 0.15) is 0 Å². The van der Waals surface area contributed by atoms with Gasteiger partial charge in [-0.1, -0.05) is 0 Å². The summed E-state index contributed by atoms with van der Waals surface area (Å²) in [4.78, 5) is 0. The average Bonchev–Trinajstić information content (AvgIpc) is 1.99. The Hall–Kier alpha value is -0.120. The van der Waals surface area contributed by atoms with Gasteiger partial charge in [0.2, 0.25) is 0 Å². The van der Waals surface area contributed by atoms with Crippen LogP contribution in [0.2, 0.25) is 0 Å².